The monoisotopic (exact) mass is 201 g/mol. The Morgan fingerprint density at radius 1 is 1.62 bits per heavy atom. The van der Waals surface area contributed by atoms with E-state index >= 15 is 0 Å². The molecule has 1 aliphatic carbocycles. The highest BCUT2D eigenvalue weighted by Gasteiger charge is 2.22. The number of sulfonamides is 1. The van der Waals surface area contributed by atoms with Gasteiger partial charge in [0.25, 0.3) is 0 Å². The maximum atomic E-state index is 10.9. The molecule has 1 saturated carbocycles. The second kappa shape index (κ2) is 2.81. The van der Waals surface area contributed by atoms with Crippen LogP contribution in [-0.2, 0) is 16.6 Å². The number of hydrogen-bond acceptors (Lipinski definition) is 3. The van der Waals surface area contributed by atoms with Crippen molar-refractivity contribution in [3.63, 3.8) is 0 Å². The van der Waals surface area contributed by atoms with Crippen LogP contribution in [0.5, 0.6) is 0 Å². The normalized spacial score (nSPS) is 17.6. The molecule has 0 radical (unpaired) electrons. The number of nitrogens with two attached hydrogens (primary N) is 1. The molecule has 0 amide bonds. The maximum absolute atomic E-state index is 10.9. The lowest BCUT2D eigenvalue weighted by Gasteiger charge is -1.96. The van der Waals surface area contributed by atoms with Crippen molar-refractivity contribution in [1.29, 1.82) is 0 Å². The van der Waals surface area contributed by atoms with Crippen LogP contribution in [0.1, 0.15) is 12.8 Å². The average Bonchev–Trinajstić information content (AvgIpc) is 2.63. The van der Waals surface area contributed by atoms with Crippen molar-refractivity contribution < 1.29 is 8.42 Å². The lowest BCUT2D eigenvalue weighted by atomic mass is 10.4. The van der Waals surface area contributed by atoms with Gasteiger partial charge in [-0.05, 0) is 18.8 Å². The Kier molecular flexibility index (Phi) is 1.88. The first-order valence-electron chi connectivity index (χ1n) is 4.11. The van der Waals surface area contributed by atoms with Crippen molar-refractivity contribution in [1.82, 2.24) is 9.78 Å². The minimum absolute atomic E-state index is 0.0909. The zero-order chi connectivity index (χ0) is 9.47. The first kappa shape index (κ1) is 8.71. The number of nitrogens with zero attached hydrogens (tertiary/aromatic N) is 2. The first-order chi connectivity index (χ1) is 6.05. The molecule has 72 valence electrons. The maximum Gasteiger partial charge on any atom is 0.241 e. The number of aromatic nitrogens is 2. The van der Waals surface area contributed by atoms with Crippen molar-refractivity contribution >= 4 is 10.0 Å². The average molecular weight is 201 g/mol. The molecule has 1 aromatic rings. The van der Waals surface area contributed by atoms with Crippen molar-refractivity contribution in [3.8, 4) is 0 Å². The molecule has 0 atom stereocenters. The third-order valence-corrected chi connectivity index (χ3v) is 2.95. The van der Waals surface area contributed by atoms with E-state index < -0.39 is 10.0 Å². The van der Waals surface area contributed by atoms with Crippen LogP contribution in [0.3, 0.4) is 0 Å². The molecule has 6 heteroatoms. The molecule has 1 heterocycles. The standard InChI is InChI=1S/C7H11N3O2S/c8-13(11,12)7-3-9-10(5-7)4-6-1-2-6/h3,5-6H,1-2,4H2,(H2,8,11,12). The van der Waals surface area contributed by atoms with Crippen molar-refractivity contribution in [2.24, 2.45) is 11.1 Å². The Morgan fingerprint density at radius 2 is 2.31 bits per heavy atom. The van der Waals surface area contributed by atoms with Crippen LogP contribution in [0.15, 0.2) is 17.3 Å². The molecule has 13 heavy (non-hydrogen) atoms. The highest BCUT2D eigenvalue weighted by molar-refractivity contribution is 7.89. The lowest BCUT2D eigenvalue weighted by Crippen LogP contribution is -2.11. The molecule has 1 aliphatic rings. The van der Waals surface area contributed by atoms with Crippen LogP contribution in [0.4, 0.5) is 0 Å². The largest absolute Gasteiger partial charge is 0.271 e. The Bertz CT molecular complexity index is 405. The SMILES string of the molecule is NS(=O)(=O)c1cnn(CC2CC2)c1. The summed E-state index contributed by atoms with van der Waals surface area (Å²) in [6.07, 6.45) is 5.19. The van der Waals surface area contributed by atoms with Gasteiger partial charge in [-0.3, -0.25) is 4.68 Å². The van der Waals surface area contributed by atoms with Crippen LogP contribution >= 0.6 is 0 Å². The van der Waals surface area contributed by atoms with Gasteiger partial charge in [0, 0.05) is 12.7 Å². The van der Waals surface area contributed by atoms with E-state index in [1.54, 1.807) is 4.68 Å². The van der Waals surface area contributed by atoms with E-state index in [1.165, 1.54) is 25.2 Å². The summed E-state index contributed by atoms with van der Waals surface area (Å²) in [5.41, 5.74) is 0. The Labute approximate surface area is 76.6 Å². The van der Waals surface area contributed by atoms with Gasteiger partial charge in [-0.1, -0.05) is 0 Å². The predicted octanol–water partition coefficient (Wildman–Crippen LogP) is -0.0595. The summed E-state index contributed by atoms with van der Waals surface area (Å²) in [5.74, 6) is 0.674. The smallest absolute Gasteiger partial charge is 0.241 e. The number of primary sulfonamides is 1. The molecular formula is C7H11N3O2S. The zero-order valence-electron chi connectivity index (χ0n) is 7.05. The molecule has 2 N–H and O–H groups in total. The summed E-state index contributed by atoms with van der Waals surface area (Å²) in [4.78, 5) is 0.0909. The fourth-order valence-corrected chi connectivity index (χ4v) is 1.62. The molecule has 0 spiro atoms. The summed E-state index contributed by atoms with van der Waals surface area (Å²) < 4.78 is 23.4. The van der Waals surface area contributed by atoms with Gasteiger partial charge in [0.1, 0.15) is 4.90 Å². The first-order valence-corrected chi connectivity index (χ1v) is 5.65. The molecule has 1 fully saturated rings. The molecule has 2 rings (SSSR count). The van der Waals surface area contributed by atoms with Crippen LogP contribution in [0.25, 0.3) is 0 Å². The number of hydrogen-bond donors (Lipinski definition) is 1. The van der Waals surface area contributed by atoms with Crippen LogP contribution in [-0.4, -0.2) is 18.2 Å². The van der Waals surface area contributed by atoms with Crippen LogP contribution in [0, 0.1) is 5.92 Å². The predicted molar refractivity (Wildman–Crippen MR) is 46.3 cm³/mol. The molecule has 0 bridgehead atoms. The highest BCUT2D eigenvalue weighted by atomic mass is 32.2. The lowest BCUT2D eigenvalue weighted by molar-refractivity contribution is 0.561. The number of rotatable bonds is 3. The van der Waals surface area contributed by atoms with Gasteiger partial charge in [0.05, 0.1) is 6.20 Å². The van der Waals surface area contributed by atoms with Gasteiger partial charge in [-0.2, -0.15) is 5.10 Å². The summed E-state index contributed by atoms with van der Waals surface area (Å²) >= 11 is 0. The van der Waals surface area contributed by atoms with Gasteiger partial charge >= 0.3 is 0 Å². The van der Waals surface area contributed by atoms with E-state index in [0.717, 1.165) is 6.54 Å². The molecule has 0 aliphatic heterocycles. The van der Waals surface area contributed by atoms with E-state index in [4.69, 9.17) is 5.14 Å². The molecule has 0 unspecified atom stereocenters. The van der Waals surface area contributed by atoms with Crippen molar-refractivity contribution in [3.05, 3.63) is 12.4 Å². The Hall–Kier alpha value is -0.880. The van der Waals surface area contributed by atoms with Gasteiger partial charge < -0.3 is 0 Å². The second-order valence-corrected chi connectivity index (χ2v) is 4.95. The van der Waals surface area contributed by atoms with Crippen LogP contribution in [0.2, 0.25) is 0 Å². The fraction of sp³-hybridized carbons (Fsp3) is 0.571. The molecule has 5 nitrogen and oxygen atoms in total. The van der Waals surface area contributed by atoms with E-state index in [9.17, 15) is 8.42 Å². The second-order valence-electron chi connectivity index (χ2n) is 3.39. The molecule has 0 aromatic carbocycles. The van der Waals surface area contributed by atoms with Crippen molar-refractivity contribution in [2.75, 3.05) is 0 Å². The Balaban J connectivity index is 2.17. The Morgan fingerprint density at radius 3 is 2.77 bits per heavy atom. The fourth-order valence-electron chi connectivity index (χ4n) is 1.16. The minimum Gasteiger partial charge on any atom is -0.271 e. The quantitative estimate of drug-likeness (QED) is 0.744. The van der Waals surface area contributed by atoms with E-state index in [2.05, 4.69) is 5.10 Å². The van der Waals surface area contributed by atoms with Gasteiger partial charge in [0.2, 0.25) is 10.0 Å². The van der Waals surface area contributed by atoms with E-state index in [0.29, 0.717) is 5.92 Å². The summed E-state index contributed by atoms with van der Waals surface area (Å²) in [6.45, 7) is 0.801. The molecule has 0 saturated heterocycles. The van der Waals surface area contributed by atoms with E-state index in [1.807, 2.05) is 0 Å². The van der Waals surface area contributed by atoms with Gasteiger partial charge in [-0.15, -0.1) is 0 Å². The molecule has 1 aromatic heterocycles. The van der Waals surface area contributed by atoms with Crippen molar-refractivity contribution in [2.45, 2.75) is 24.3 Å². The third kappa shape index (κ3) is 2.07. The molecular weight excluding hydrogens is 190 g/mol. The van der Waals surface area contributed by atoms with Gasteiger partial charge in [0.15, 0.2) is 0 Å². The topological polar surface area (TPSA) is 78.0 Å². The van der Waals surface area contributed by atoms with Crippen LogP contribution < -0.4 is 5.14 Å². The zero-order valence-corrected chi connectivity index (χ0v) is 7.87. The van der Waals surface area contributed by atoms with Gasteiger partial charge in [-0.25, -0.2) is 13.6 Å². The van der Waals surface area contributed by atoms with E-state index in [-0.39, 0.29) is 4.90 Å². The summed E-state index contributed by atoms with van der Waals surface area (Å²) in [5, 5.41) is 8.86. The highest BCUT2D eigenvalue weighted by Crippen LogP contribution is 2.30. The summed E-state index contributed by atoms with van der Waals surface area (Å²) in [6, 6.07) is 0. The summed E-state index contributed by atoms with van der Waals surface area (Å²) in [7, 11) is -3.58. The minimum atomic E-state index is -3.58. The third-order valence-electron chi connectivity index (χ3n) is 2.08.